The number of hydrogen-bond acceptors (Lipinski definition) is 7. The number of esters is 1. The van der Waals surface area contributed by atoms with Gasteiger partial charge in [-0.2, -0.15) is 0 Å². The number of amides is 1. The van der Waals surface area contributed by atoms with Crippen molar-refractivity contribution in [2.24, 2.45) is 5.92 Å². The summed E-state index contributed by atoms with van der Waals surface area (Å²) in [7, 11) is 4.53. The number of fused-ring (bicyclic) bond motifs is 3. The van der Waals surface area contributed by atoms with Gasteiger partial charge in [0.05, 0.1) is 45.0 Å². The van der Waals surface area contributed by atoms with Gasteiger partial charge >= 0.3 is 5.97 Å². The van der Waals surface area contributed by atoms with Gasteiger partial charge in [0.1, 0.15) is 0 Å². The zero-order valence-corrected chi connectivity index (χ0v) is 17.7. The van der Waals surface area contributed by atoms with Crippen molar-refractivity contribution >= 4 is 28.9 Å². The van der Waals surface area contributed by atoms with Crippen LogP contribution in [0.1, 0.15) is 18.5 Å². The number of aromatic nitrogens is 2. The standard InChI is InChI=1S/C22H23N3O6/c1-5-31-21(27)17-18(12-10-15(28-2)19(30-4)16(11-12)29-3)25-14-9-7-6-8-13(14)23-22(25)24-20(17)26/h6-11,17-18H,5H2,1-4H3,(H,23,24,26)/t17-,18+/m1/s1. The largest absolute Gasteiger partial charge is 0.493 e. The van der Waals surface area contributed by atoms with E-state index in [0.29, 0.717) is 34.3 Å². The van der Waals surface area contributed by atoms with Crippen molar-refractivity contribution in [3.63, 3.8) is 0 Å². The van der Waals surface area contributed by atoms with E-state index in [4.69, 9.17) is 18.9 Å². The molecule has 31 heavy (non-hydrogen) atoms. The van der Waals surface area contributed by atoms with E-state index < -0.39 is 23.8 Å². The molecule has 0 unspecified atom stereocenters. The van der Waals surface area contributed by atoms with Gasteiger partial charge < -0.3 is 23.5 Å². The van der Waals surface area contributed by atoms with E-state index in [1.165, 1.54) is 21.3 Å². The van der Waals surface area contributed by atoms with Gasteiger partial charge in [-0.05, 0) is 36.8 Å². The van der Waals surface area contributed by atoms with Crippen molar-refractivity contribution in [2.75, 3.05) is 33.3 Å². The monoisotopic (exact) mass is 425 g/mol. The van der Waals surface area contributed by atoms with E-state index in [1.807, 2.05) is 28.8 Å². The fraction of sp³-hybridized carbons (Fsp3) is 0.318. The minimum absolute atomic E-state index is 0.155. The summed E-state index contributed by atoms with van der Waals surface area (Å²) in [5.41, 5.74) is 2.08. The van der Waals surface area contributed by atoms with Gasteiger partial charge in [0.25, 0.3) is 0 Å². The third kappa shape index (κ3) is 3.31. The summed E-state index contributed by atoms with van der Waals surface area (Å²) in [5.74, 6) is -0.647. The lowest BCUT2D eigenvalue weighted by atomic mass is 9.89. The first-order valence-electron chi connectivity index (χ1n) is 9.78. The number of rotatable bonds is 6. The molecule has 1 N–H and O–H groups in total. The Balaban J connectivity index is 2.00. The van der Waals surface area contributed by atoms with E-state index in [2.05, 4.69) is 10.3 Å². The van der Waals surface area contributed by atoms with Crippen molar-refractivity contribution in [1.29, 1.82) is 0 Å². The molecule has 2 atom stereocenters. The van der Waals surface area contributed by atoms with Crippen molar-refractivity contribution in [3.8, 4) is 17.2 Å². The zero-order valence-electron chi connectivity index (χ0n) is 17.7. The van der Waals surface area contributed by atoms with Crippen LogP contribution >= 0.6 is 0 Å². The summed E-state index contributed by atoms with van der Waals surface area (Å²) in [4.78, 5) is 30.4. The number of para-hydroxylation sites is 2. The summed E-state index contributed by atoms with van der Waals surface area (Å²) >= 11 is 0. The molecule has 1 aliphatic heterocycles. The quantitative estimate of drug-likeness (QED) is 0.479. The average molecular weight is 425 g/mol. The predicted molar refractivity (Wildman–Crippen MR) is 113 cm³/mol. The van der Waals surface area contributed by atoms with Gasteiger partial charge in [-0.1, -0.05) is 12.1 Å². The van der Waals surface area contributed by atoms with Crippen LogP contribution in [0.4, 0.5) is 5.95 Å². The third-order valence-electron chi connectivity index (χ3n) is 5.28. The molecular formula is C22H23N3O6. The Bertz CT molecular complexity index is 1130. The van der Waals surface area contributed by atoms with Crippen LogP contribution in [0, 0.1) is 5.92 Å². The van der Waals surface area contributed by atoms with Crippen LogP contribution in [0.2, 0.25) is 0 Å². The molecule has 9 heteroatoms. The molecule has 3 aromatic rings. The summed E-state index contributed by atoms with van der Waals surface area (Å²) in [6.45, 7) is 1.85. The molecule has 162 valence electrons. The highest BCUT2D eigenvalue weighted by atomic mass is 16.5. The first kappa shape index (κ1) is 20.5. The molecular weight excluding hydrogens is 402 g/mol. The number of nitrogens with zero attached hydrogens (tertiary/aromatic N) is 2. The summed E-state index contributed by atoms with van der Waals surface area (Å²) < 4.78 is 23.5. The van der Waals surface area contributed by atoms with Crippen LogP contribution in [0.5, 0.6) is 17.2 Å². The number of methoxy groups -OCH3 is 3. The zero-order chi connectivity index (χ0) is 22.1. The van der Waals surface area contributed by atoms with Gasteiger partial charge in [0.2, 0.25) is 17.6 Å². The van der Waals surface area contributed by atoms with Crippen LogP contribution in [0.25, 0.3) is 11.0 Å². The summed E-state index contributed by atoms with van der Waals surface area (Å²) in [5, 5.41) is 2.74. The van der Waals surface area contributed by atoms with Crippen LogP contribution in [-0.2, 0) is 14.3 Å². The number of hydrogen-bond donors (Lipinski definition) is 1. The number of carbonyl (C=O) groups excluding carboxylic acids is 2. The SMILES string of the molecule is CCOC(=O)[C@H]1C(=O)Nc2nc3ccccc3n2[C@H]1c1cc(OC)c(OC)c(OC)c1. The Morgan fingerprint density at radius 3 is 2.39 bits per heavy atom. The van der Waals surface area contributed by atoms with Crippen molar-refractivity contribution in [2.45, 2.75) is 13.0 Å². The highest BCUT2D eigenvalue weighted by Crippen LogP contribution is 2.45. The number of imidazole rings is 1. The highest BCUT2D eigenvalue weighted by molar-refractivity contribution is 6.07. The van der Waals surface area contributed by atoms with Gasteiger partial charge in [-0.3, -0.25) is 14.9 Å². The molecule has 0 aliphatic carbocycles. The van der Waals surface area contributed by atoms with E-state index in [0.717, 1.165) is 5.52 Å². The normalized spacial score (nSPS) is 17.6. The predicted octanol–water partition coefficient (Wildman–Crippen LogP) is 2.78. The van der Waals surface area contributed by atoms with Gasteiger partial charge in [0.15, 0.2) is 17.4 Å². The number of benzene rings is 2. The summed E-state index contributed by atoms with van der Waals surface area (Å²) in [6, 6.07) is 10.2. The Labute approximate surface area is 178 Å². The molecule has 1 aromatic heterocycles. The molecule has 2 aromatic carbocycles. The third-order valence-corrected chi connectivity index (χ3v) is 5.28. The maximum absolute atomic E-state index is 13.0. The van der Waals surface area contributed by atoms with E-state index in [1.54, 1.807) is 19.1 Å². The molecule has 0 saturated heterocycles. The lowest BCUT2D eigenvalue weighted by molar-refractivity contribution is -0.152. The molecule has 0 spiro atoms. The van der Waals surface area contributed by atoms with Crippen LogP contribution in [-0.4, -0.2) is 49.4 Å². The molecule has 0 radical (unpaired) electrons. The lowest BCUT2D eigenvalue weighted by Gasteiger charge is -2.32. The van der Waals surface area contributed by atoms with E-state index in [-0.39, 0.29) is 6.61 Å². The number of anilines is 1. The molecule has 0 saturated carbocycles. The smallest absolute Gasteiger partial charge is 0.321 e. The Kier molecular flexibility index (Phi) is 5.41. The minimum Gasteiger partial charge on any atom is -0.493 e. The molecule has 0 bridgehead atoms. The highest BCUT2D eigenvalue weighted by Gasteiger charge is 2.44. The molecule has 1 aliphatic rings. The fourth-order valence-electron chi connectivity index (χ4n) is 3.98. The molecule has 9 nitrogen and oxygen atoms in total. The number of nitrogens with one attached hydrogen (secondary N) is 1. The second-order valence-electron chi connectivity index (χ2n) is 6.92. The first-order valence-corrected chi connectivity index (χ1v) is 9.78. The maximum atomic E-state index is 13.0. The molecule has 4 rings (SSSR count). The van der Waals surface area contributed by atoms with Crippen LogP contribution in [0.3, 0.4) is 0 Å². The lowest BCUT2D eigenvalue weighted by Crippen LogP contribution is -2.43. The average Bonchev–Trinajstić information content (AvgIpc) is 3.14. The summed E-state index contributed by atoms with van der Waals surface area (Å²) in [6.07, 6.45) is 0. The van der Waals surface area contributed by atoms with Crippen molar-refractivity contribution in [1.82, 2.24) is 9.55 Å². The Morgan fingerprint density at radius 1 is 1.10 bits per heavy atom. The van der Waals surface area contributed by atoms with Gasteiger partial charge in [-0.25, -0.2) is 4.98 Å². The second-order valence-corrected chi connectivity index (χ2v) is 6.92. The van der Waals surface area contributed by atoms with Gasteiger partial charge in [0, 0.05) is 0 Å². The van der Waals surface area contributed by atoms with Crippen LogP contribution < -0.4 is 19.5 Å². The maximum Gasteiger partial charge on any atom is 0.321 e. The van der Waals surface area contributed by atoms with Crippen molar-refractivity contribution in [3.05, 3.63) is 42.0 Å². The number of ether oxygens (including phenoxy) is 4. The Hall–Kier alpha value is -3.75. The molecule has 0 fully saturated rings. The van der Waals surface area contributed by atoms with Gasteiger partial charge in [-0.15, -0.1) is 0 Å². The minimum atomic E-state index is -1.13. The van der Waals surface area contributed by atoms with Crippen LogP contribution in [0.15, 0.2) is 36.4 Å². The Morgan fingerprint density at radius 2 is 1.77 bits per heavy atom. The van der Waals surface area contributed by atoms with E-state index in [9.17, 15) is 9.59 Å². The topological polar surface area (TPSA) is 101 Å². The molecule has 1 amide bonds. The number of carbonyl (C=O) groups is 2. The van der Waals surface area contributed by atoms with E-state index >= 15 is 0 Å². The van der Waals surface area contributed by atoms with Crippen molar-refractivity contribution < 1.29 is 28.5 Å². The first-order chi connectivity index (χ1) is 15.0. The second kappa shape index (κ2) is 8.17. The fourth-order valence-corrected chi connectivity index (χ4v) is 3.98. The molecule has 2 heterocycles.